The van der Waals surface area contributed by atoms with E-state index < -0.39 is 0 Å². The van der Waals surface area contributed by atoms with E-state index in [2.05, 4.69) is 0 Å². The lowest BCUT2D eigenvalue weighted by molar-refractivity contribution is -0.137. The highest BCUT2D eigenvalue weighted by Gasteiger charge is 2.28. The molecule has 0 radical (unpaired) electrons. The van der Waals surface area contributed by atoms with Crippen LogP contribution in [0, 0.1) is 5.92 Å². The molecule has 2 rings (SSSR count). The molecule has 2 amide bonds. The first kappa shape index (κ1) is 16.3. The smallest absolute Gasteiger partial charge is 0.410 e. The maximum Gasteiger partial charge on any atom is 0.415 e. The lowest BCUT2D eigenvalue weighted by atomic mass is 10.0. The molecule has 0 aromatic heterocycles. The summed E-state index contributed by atoms with van der Waals surface area (Å²) in [6.07, 6.45) is 1.39. The third kappa shape index (κ3) is 4.00. The van der Waals surface area contributed by atoms with Crippen LogP contribution in [0.2, 0.25) is 0 Å². The predicted molar refractivity (Wildman–Crippen MR) is 84.7 cm³/mol. The minimum Gasteiger partial charge on any atom is -0.410 e. The molecule has 0 unspecified atom stereocenters. The van der Waals surface area contributed by atoms with Crippen LogP contribution >= 0.6 is 0 Å². The minimum absolute atomic E-state index is 0.0998. The molecule has 0 saturated carbocycles. The van der Waals surface area contributed by atoms with Gasteiger partial charge in [-0.2, -0.15) is 0 Å². The van der Waals surface area contributed by atoms with Gasteiger partial charge in [-0.3, -0.25) is 4.79 Å². The molecule has 0 aliphatic carbocycles. The summed E-state index contributed by atoms with van der Waals surface area (Å²) < 4.78 is 5.32. The molecule has 1 aromatic carbocycles. The quantitative estimate of drug-likeness (QED) is 0.859. The first-order chi connectivity index (χ1) is 10.7. The molecular formula is C17H24N2O3. The Labute approximate surface area is 131 Å². The van der Waals surface area contributed by atoms with Gasteiger partial charge in [-0.15, -0.1) is 0 Å². The molecule has 1 saturated heterocycles. The molecular weight excluding hydrogens is 280 g/mol. The van der Waals surface area contributed by atoms with Gasteiger partial charge in [-0.1, -0.05) is 32.0 Å². The molecule has 5 heteroatoms. The minimum atomic E-state index is -0.346. The molecule has 1 aliphatic heterocycles. The number of benzene rings is 1. The second-order valence-electron chi connectivity index (χ2n) is 5.51. The van der Waals surface area contributed by atoms with Crippen molar-refractivity contribution < 1.29 is 14.3 Å². The molecule has 0 bridgehead atoms. The van der Waals surface area contributed by atoms with Crippen LogP contribution in [0.5, 0.6) is 5.75 Å². The number of carbonyl (C=O) groups excluding carboxylic acids is 2. The number of nitrogens with zero attached hydrogens (tertiary/aromatic N) is 2. The summed E-state index contributed by atoms with van der Waals surface area (Å²) in [5.74, 6) is 0.854. The number of piperazine rings is 1. The fourth-order valence-electron chi connectivity index (χ4n) is 2.66. The van der Waals surface area contributed by atoms with Crippen molar-refractivity contribution in [3.05, 3.63) is 30.3 Å². The van der Waals surface area contributed by atoms with Crippen molar-refractivity contribution >= 4 is 12.0 Å². The Kier molecular flexibility index (Phi) is 5.81. The maximum atomic E-state index is 12.3. The third-order valence-corrected chi connectivity index (χ3v) is 4.13. The van der Waals surface area contributed by atoms with Crippen LogP contribution in [0.25, 0.3) is 0 Å². The van der Waals surface area contributed by atoms with E-state index in [9.17, 15) is 9.59 Å². The molecule has 1 aromatic rings. The number of hydrogen-bond donors (Lipinski definition) is 0. The van der Waals surface area contributed by atoms with Crippen LogP contribution in [-0.4, -0.2) is 48.0 Å². The van der Waals surface area contributed by atoms with Crippen molar-refractivity contribution in [3.63, 3.8) is 0 Å². The molecule has 5 nitrogen and oxygen atoms in total. The second-order valence-corrected chi connectivity index (χ2v) is 5.51. The Bertz CT molecular complexity index is 492. The normalized spacial score (nSPS) is 15.0. The van der Waals surface area contributed by atoms with E-state index in [0.717, 1.165) is 12.8 Å². The summed E-state index contributed by atoms with van der Waals surface area (Å²) in [6.45, 7) is 6.30. The van der Waals surface area contributed by atoms with Crippen molar-refractivity contribution in [2.75, 3.05) is 26.2 Å². The van der Waals surface area contributed by atoms with Gasteiger partial charge in [0.25, 0.3) is 0 Å². The van der Waals surface area contributed by atoms with Gasteiger partial charge in [0.2, 0.25) is 5.91 Å². The zero-order valence-electron chi connectivity index (χ0n) is 13.3. The van der Waals surface area contributed by atoms with Crippen LogP contribution in [0.4, 0.5) is 4.79 Å². The molecule has 0 atom stereocenters. The van der Waals surface area contributed by atoms with Gasteiger partial charge in [0.05, 0.1) is 0 Å². The van der Waals surface area contributed by atoms with Crippen LogP contribution in [0.15, 0.2) is 30.3 Å². The average Bonchev–Trinajstić information content (AvgIpc) is 2.57. The van der Waals surface area contributed by atoms with Crippen LogP contribution in [-0.2, 0) is 4.79 Å². The predicted octanol–water partition coefficient (Wildman–Crippen LogP) is 2.77. The summed E-state index contributed by atoms with van der Waals surface area (Å²) >= 11 is 0. The van der Waals surface area contributed by atoms with Crippen molar-refractivity contribution in [2.24, 2.45) is 5.92 Å². The molecule has 1 aliphatic rings. The highest BCUT2D eigenvalue weighted by atomic mass is 16.6. The Hall–Kier alpha value is -2.04. The third-order valence-electron chi connectivity index (χ3n) is 4.13. The molecule has 0 spiro atoms. The zero-order valence-corrected chi connectivity index (χ0v) is 13.3. The fourth-order valence-corrected chi connectivity index (χ4v) is 2.66. The number of ether oxygens (including phenoxy) is 1. The van der Waals surface area contributed by atoms with Crippen molar-refractivity contribution in [3.8, 4) is 5.75 Å². The maximum absolute atomic E-state index is 12.3. The van der Waals surface area contributed by atoms with Gasteiger partial charge in [-0.05, 0) is 25.0 Å². The SMILES string of the molecule is CCC(CC)C(=O)N1CCN(C(=O)Oc2ccccc2)CC1. The Morgan fingerprint density at radius 2 is 1.55 bits per heavy atom. The van der Waals surface area contributed by atoms with Crippen molar-refractivity contribution in [2.45, 2.75) is 26.7 Å². The standard InChI is InChI=1S/C17H24N2O3/c1-3-14(4-2)16(20)18-10-12-19(13-11-18)17(21)22-15-8-6-5-7-9-15/h5-9,14H,3-4,10-13H2,1-2H3. The summed E-state index contributed by atoms with van der Waals surface area (Å²) in [4.78, 5) is 27.9. The lowest BCUT2D eigenvalue weighted by Crippen LogP contribution is -2.52. The molecule has 1 fully saturated rings. The zero-order chi connectivity index (χ0) is 15.9. The number of rotatable bonds is 4. The van der Waals surface area contributed by atoms with Crippen LogP contribution < -0.4 is 4.74 Å². The van der Waals surface area contributed by atoms with E-state index in [-0.39, 0.29) is 17.9 Å². The first-order valence-electron chi connectivity index (χ1n) is 7.96. The molecule has 0 N–H and O–H groups in total. The van der Waals surface area contributed by atoms with Crippen molar-refractivity contribution in [1.82, 2.24) is 9.80 Å². The number of carbonyl (C=O) groups is 2. The van der Waals surface area contributed by atoms with E-state index in [1.165, 1.54) is 0 Å². The molecule has 1 heterocycles. The Morgan fingerprint density at radius 1 is 1.00 bits per heavy atom. The van der Waals surface area contributed by atoms with E-state index in [0.29, 0.717) is 31.9 Å². The lowest BCUT2D eigenvalue weighted by Gasteiger charge is -2.35. The van der Waals surface area contributed by atoms with Gasteiger partial charge < -0.3 is 14.5 Å². The monoisotopic (exact) mass is 304 g/mol. The highest BCUT2D eigenvalue weighted by Crippen LogP contribution is 2.15. The summed E-state index contributed by atoms with van der Waals surface area (Å²) in [7, 11) is 0. The topological polar surface area (TPSA) is 49.9 Å². The van der Waals surface area contributed by atoms with E-state index in [1.54, 1.807) is 17.0 Å². The van der Waals surface area contributed by atoms with Crippen LogP contribution in [0.3, 0.4) is 0 Å². The summed E-state index contributed by atoms with van der Waals surface area (Å²) in [5.41, 5.74) is 0. The summed E-state index contributed by atoms with van der Waals surface area (Å²) in [5, 5.41) is 0. The molecule has 120 valence electrons. The largest absolute Gasteiger partial charge is 0.415 e. The Morgan fingerprint density at radius 3 is 2.09 bits per heavy atom. The Balaban J connectivity index is 1.84. The van der Waals surface area contributed by atoms with Gasteiger partial charge in [-0.25, -0.2) is 4.79 Å². The number of hydrogen-bond acceptors (Lipinski definition) is 3. The summed E-state index contributed by atoms with van der Waals surface area (Å²) in [6, 6.07) is 9.04. The fraction of sp³-hybridized carbons (Fsp3) is 0.529. The highest BCUT2D eigenvalue weighted by molar-refractivity contribution is 5.79. The average molecular weight is 304 g/mol. The second kappa shape index (κ2) is 7.82. The van der Waals surface area contributed by atoms with Gasteiger partial charge in [0, 0.05) is 32.1 Å². The number of amides is 2. The van der Waals surface area contributed by atoms with Crippen LogP contribution in [0.1, 0.15) is 26.7 Å². The van der Waals surface area contributed by atoms with E-state index in [1.807, 2.05) is 36.9 Å². The van der Waals surface area contributed by atoms with Gasteiger partial charge >= 0.3 is 6.09 Å². The first-order valence-corrected chi connectivity index (χ1v) is 7.96. The van der Waals surface area contributed by atoms with Gasteiger partial charge in [0.1, 0.15) is 5.75 Å². The van der Waals surface area contributed by atoms with Crippen molar-refractivity contribution in [1.29, 1.82) is 0 Å². The number of para-hydroxylation sites is 1. The van der Waals surface area contributed by atoms with E-state index in [4.69, 9.17) is 4.74 Å². The van der Waals surface area contributed by atoms with Gasteiger partial charge in [0.15, 0.2) is 0 Å². The molecule has 22 heavy (non-hydrogen) atoms. The van der Waals surface area contributed by atoms with E-state index >= 15 is 0 Å².